The Bertz CT molecular complexity index is 585. The summed E-state index contributed by atoms with van der Waals surface area (Å²) in [6.07, 6.45) is 4.29. The fourth-order valence-electron chi connectivity index (χ4n) is 2.95. The second-order valence-electron chi connectivity index (χ2n) is 5.80. The molecule has 0 atom stereocenters. The number of nitrogens with zero attached hydrogens (tertiary/aromatic N) is 1. The molecular weight excluding hydrogens is 243 g/mol. The van der Waals surface area contributed by atoms with Crippen molar-refractivity contribution < 1.29 is 8.81 Å². The fraction of sp³-hybridized carbons (Fsp3) is 0.533. The lowest BCUT2D eigenvalue weighted by molar-refractivity contribution is 0.210. The zero-order valence-electron chi connectivity index (χ0n) is 11.2. The van der Waals surface area contributed by atoms with Gasteiger partial charge in [0, 0.05) is 12.6 Å². The van der Waals surface area contributed by atoms with E-state index in [1.165, 1.54) is 12.1 Å². The van der Waals surface area contributed by atoms with Crippen LogP contribution in [0.1, 0.15) is 38.5 Å². The SMILES string of the molecule is CC1CCC(CN)(c2nc3cc(F)ccc3o2)CC1. The fourth-order valence-corrected chi connectivity index (χ4v) is 2.95. The van der Waals surface area contributed by atoms with Crippen molar-refractivity contribution in [2.45, 2.75) is 38.0 Å². The van der Waals surface area contributed by atoms with Crippen molar-refractivity contribution >= 4 is 11.1 Å². The summed E-state index contributed by atoms with van der Waals surface area (Å²) < 4.78 is 19.0. The van der Waals surface area contributed by atoms with Gasteiger partial charge >= 0.3 is 0 Å². The summed E-state index contributed by atoms with van der Waals surface area (Å²) in [6.45, 7) is 2.80. The molecule has 0 saturated heterocycles. The molecule has 0 bridgehead atoms. The minimum atomic E-state index is -0.286. The van der Waals surface area contributed by atoms with E-state index in [-0.39, 0.29) is 11.2 Å². The normalized spacial score (nSPS) is 27.8. The summed E-state index contributed by atoms with van der Waals surface area (Å²) in [4.78, 5) is 4.48. The van der Waals surface area contributed by atoms with Crippen LogP contribution in [0, 0.1) is 11.7 Å². The maximum absolute atomic E-state index is 13.2. The van der Waals surface area contributed by atoms with Crippen molar-refractivity contribution in [1.82, 2.24) is 4.98 Å². The van der Waals surface area contributed by atoms with E-state index in [9.17, 15) is 4.39 Å². The Kier molecular flexibility index (Phi) is 3.05. The van der Waals surface area contributed by atoms with E-state index in [0.717, 1.165) is 31.6 Å². The minimum absolute atomic E-state index is 0.165. The summed E-state index contributed by atoms with van der Waals surface area (Å²) in [6, 6.07) is 4.45. The van der Waals surface area contributed by atoms with Crippen LogP contribution in [-0.2, 0) is 5.41 Å². The van der Waals surface area contributed by atoms with Gasteiger partial charge in [-0.1, -0.05) is 6.92 Å². The predicted octanol–water partition coefficient (Wildman–Crippen LogP) is 3.37. The standard InChI is InChI=1S/C15H19FN2O/c1-10-4-6-15(9-17,7-5-10)14-18-12-8-11(16)2-3-13(12)19-14/h2-3,8,10H,4-7,9,17H2,1H3. The molecule has 1 aliphatic carbocycles. The highest BCUT2D eigenvalue weighted by Gasteiger charge is 2.39. The highest BCUT2D eigenvalue weighted by Crippen LogP contribution is 2.41. The van der Waals surface area contributed by atoms with Crippen LogP contribution in [0.5, 0.6) is 0 Å². The Hall–Kier alpha value is -1.42. The van der Waals surface area contributed by atoms with Gasteiger partial charge in [0.15, 0.2) is 5.58 Å². The average molecular weight is 262 g/mol. The van der Waals surface area contributed by atoms with Crippen molar-refractivity contribution in [3.63, 3.8) is 0 Å². The Morgan fingerprint density at radius 2 is 2.16 bits per heavy atom. The lowest BCUT2D eigenvalue weighted by Gasteiger charge is -2.35. The monoisotopic (exact) mass is 262 g/mol. The van der Waals surface area contributed by atoms with Crippen molar-refractivity contribution in [2.24, 2.45) is 11.7 Å². The smallest absolute Gasteiger partial charge is 0.202 e. The van der Waals surface area contributed by atoms with Gasteiger partial charge in [-0.15, -0.1) is 0 Å². The summed E-state index contributed by atoms with van der Waals surface area (Å²) in [5.41, 5.74) is 7.05. The second-order valence-corrected chi connectivity index (χ2v) is 5.80. The highest BCUT2D eigenvalue weighted by molar-refractivity contribution is 5.72. The van der Waals surface area contributed by atoms with Gasteiger partial charge in [-0.3, -0.25) is 0 Å². The lowest BCUT2D eigenvalue weighted by atomic mass is 9.71. The molecule has 1 fully saturated rings. The summed E-state index contributed by atoms with van der Waals surface area (Å²) in [7, 11) is 0. The quantitative estimate of drug-likeness (QED) is 0.902. The Labute approximate surface area is 112 Å². The number of hydrogen-bond donors (Lipinski definition) is 1. The molecule has 19 heavy (non-hydrogen) atoms. The third-order valence-corrected chi connectivity index (χ3v) is 4.43. The van der Waals surface area contributed by atoms with Crippen molar-refractivity contribution in [2.75, 3.05) is 6.54 Å². The van der Waals surface area contributed by atoms with Crippen LogP contribution >= 0.6 is 0 Å². The summed E-state index contributed by atoms with van der Waals surface area (Å²) >= 11 is 0. The molecule has 3 rings (SSSR count). The van der Waals surface area contributed by atoms with E-state index in [1.807, 2.05) is 0 Å². The zero-order valence-corrected chi connectivity index (χ0v) is 11.2. The molecule has 2 aromatic rings. The number of hydrogen-bond acceptors (Lipinski definition) is 3. The molecule has 1 heterocycles. The first kappa shape index (κ1) is 12.6. The maximum Gasteiger partial charge on any atom is 0.202 e. The van der Waals surface area contributed by atoms with Gasteiger partial charge in [0.25, 0.3) is 0 Å². The molecule has 0 aliphatic heterocycles. The Morgan fingerprint density at radius 3 is 2.84 bits per heavy atom. The van der Waals surface area contributed by atoms with Crippen LogP contribution in [0.15, 0.2) is 22.6 Å². The largest absolute Gasteiger partial charge is 0.440 e. The second kappa shape index (κ2) is 4.60. The molecule has 102 valence electrons. The van der Waals surface area contributed by atoms with Crippen LogP contribution in [0.4, 0.5) is 4.39 Å². The maximum atomic E-state index is 13.2. The molecular formula is C15H19FN2O. The van der Waals surface area contributed by atoms with Gasteiger partial charge in [-0.2, -0.15) is 0 Å². The van der Waals surface area contributed by atoms with Crippen LogP contribution in [0.3, 0.4) is 0 Å². The van der Waals surface area contributed by atoms with E-state index in [1.54, 1.807) is 6.07 Å². The molecule has 0 unspecified atom stereocenters. The van der Waals surface area contributed by atoms with Crippen LogP contribution in [0.25, 0.3) is 11.1 Å². The number of benzene rings is 1. The van der Waals surface area contributed by atoms with E-state index >= 15 is 0 Å². The number of fused-ring (bicyclic) bond motifs is 1. The molecule has 1 saturated carbocycles. The zero-order chi connectivity index (χ0) is 13.5. The first-order valence-corrected chi connectivity index (χ1v) is 6.90. The first-order valence-electron chi connectivity index (χ1n) is 6.90. The number of nitrogens with two attached hydrogens (primary N) is 1. The number of oxazole rings is 1. The van der Waals surface area contributed by atoms with Gasteiger partial charge in [-0.25, -0.2) is 9.37 Å². The van der Waals surface area contributed by atoms with Crippen LogP contribution < -0.4 is 5.73 Å². The van der Waals surface area contributed by atoms with E-state index in [0.29, 0.717) is 23.5 Å². The number of rotatable bonds is 2. The topological polar surface area (TPSA) is 52.0 Å². The summed E-state index contributed by atoms with van der Waals surface area (Å²) in [5.74, 6) is 1.13. The molecule has 4 heteroatoms. The molecule has 3 nitrogen and oxygen atoms in total. The number of aromatic nitrogens is 1. The molecule has 2 N–H and O–H groups in total. The Morgan fingerprint density at radius 1 is 1.42 bits per heavy atom. The lowest BCUT2D eigenvalue weighted by Crippen LogP contribution is -2.38. The molecule has 0 spiro atoms. The van der Waals surface area contributed by atoms with Crippen LogP contribution in [0.2, 0.25) is 0 Å². The first-order chi connectivity index (χ1) is 9.13. The molecule has 1 aromatic carbocycles. The predicted molar refractivity (Wildman–Crippen MR) is 72.3 cm³/mol. The van der Waals surface area contributed by atoms with E-state index in [4.69, 9.17) is 10.2 Å². The summed E-state index contributed by atoms with van der Waals surface area (Å²) in [5, 5.41) is 0. The van der Waals surface area contributed by atoms with Crippen molar-refractivity contribution in [3.05, 3.63) is 29.9 Å². The molecule has 0 radical (unpaired) electrons. The van der Waals surface area contributed by atoms with E-state index in [2.05, 4.69) is 11.9 Å². The average Bonchev–Trinajstić information content (AvgIpc) is 2.83. The third kappa shape index (κ3) is 2.14. The Balaban J connectivity index is 2.01. The molecule has 1 aliphatic rings. The van der Waals surface area contributed by atoms with Gasteiger partial charge in [0.05, 0.1) is 5.41 Å². The van der Waals surface area contributed by atoms with Gasteiger partial charge < -0.3 is 10.2 Å². The highest BCUT2D eigenvalue weighted by atomic mass is 19.1. The van der Waals surface area contributed by atoms with Gasteiger partial charge in [0.1, 0.15) is 11.3 Å². The van der Waals surface area contributed by atoms with Crippen molar-refractivity contribution in [3.8, 4) is 0 Å². The van der Waals surface area contributed by atoms with Crippen molar-refractivity contribution in [1.29, 1.82) is 0 Å². The number of halogens is 1. The third-order valence-electron chi connectivity index (χ3n) is 4.43. The molecule has 0 amide bonds. The van der Waals surface area contributed by atoms with Crippen LogP contribution in [-0.4, -0.2) is 11.5 Å². The van der Waals surface area contributed by atoms with Gasteiger partial charge in [0.2, 0.25) is 5.89 Å². The minimum Gasteiger partial charge on any atom is -0.440 e. The molecule has 1 aromatic heterocycles. The van der Waals surface area contributed by atoms with E-state index < -0.39 is 0 Å². The van der Waals surface area contributed by atoms with Gasteiger partial charge in [-0.05, 0) is 43.7 Å².